The van der Waals surface area contributed by atoms with Crippen molar-refractivity contribution in [3.8, 4) is 0 Å². The Bertz CT molecular complexity index is 1270. The van der Waals surface area contributed by atoms with Crippen molar-refractivity contribution in [3.63, 3.8) is 0 Å². The van der Waals surface area contributed by atoms with Gasteiger partial charge in [-0.05, 0) is 87.0 Å². The summed E-state index contributed by atoms with van der Waals surface area (Å²) in [5, 5.41) is 2.72. The van der Waals surface area contributed by atoms with Crippen LogP contribution < -0.4 is 9.62 Å². The van der Waals surface area contributed by atoms with E-state index in [4.69, 9.17) is 19.2 Å². The number of hydrogen-bond donors (Lipinski definition) is 1. The number of hydrogen-bond acceptors (Lipinski definition) is 8. The molecule has 1 aliphatic rings. The molecule has 38 heavy (non-hydrogen) atoms. The molecule has 2 aromatic carbocycles. The summed E-state index contributed by atoms with van der Waals surface area (Å²) in [5.74, 6) is 0.622. The molecule has 3 aromatic rings. The zero-order valence-corrected chi connectivity index (χ0v) is 23.5. The molecule has 0 bridgehead atoms. The molecule has 10 heteroatoms. The van der Waals surface area contributed by atoms with E-state index in [2.05, 4.69) is 46.2 Å². The zero-order chi connectivity index (χ0) is 27.3. The first kappa shape index (κ1) is 27.9. The maximum absolute atomic E-state index is 11.9. The Morgan fingerprint density at radius 3 is 2.55 bits per heavy atom. The molecule has 1 aromatic heterocycles. The maximum Gasteiger partial charge on any atom is 0.303 e. The number of imidazole rings is 1. The number of nitrogens with one attached hydrogen (secondary N) is 1. The van der Waals surface area contributed by atoms with Gasteiger partial charge in [0, 0.05) is 57.1 Å². The minimum atomic E-state index is -0.514. The van der Waals surface area contributed by atoms with Crippen molar-refractivity contribution in [2.45, 2.75) is 50.7 Å². The molecule has 2 heterocycles. The van der Waals surface area contributed by atoms with Crippen molar-refractivity contribution in [1.29, 1.82) is 0 Å². The minimum absolute atomic E-state index is 0.300. The molecule has 1 N–H and O–H groups in total. The number of nitrogens with zero attached hydrogens (tertiary/aromatic N) is 3. The highest BCUT2D eigenvalue weighted by Crippen LogP contribution is 2.34. The lowest BCUT2D eigenvalue weighted by molar-refractivity contribution is -0.144. The second kappa shape index (κ2) is 12.2. The minimum Gasteiger partial charge on any atom is -0.456 e. The van der Waals surface area contributed by atoms with Crippen LogP contribution in [-0.2, 0) is 35.9 Å². The summed E-state index contributed by atoms with van der Waals surface area (Å²) in [6.45, 7) is 7.61. The molecule has 0 atom stereocenters. The molecule has 0 saturated carbocycles. The number of fused-ring (bicyclic) bond motifs is 1. The topological polar surface area (TPSA) is 94.9 Å². The lowest BCUT2D eigenvalue weighted by atomic mass is 9.99. The van der Waals surface area contributed by atoms with E-state index in [1.165, 1.54) is 6.92 Å². The fraction of sp³-hybridized carbons (Fsp3) is 0.464. The summed E-state index contributed by atoms with van der Waals surface area (Å²) in [7, 11) is 3.74. The van der Waals surface area contributed by atoms with E-state index in [0.29, 0.717) is 11.6 Å². The van der Waals surface area contributed by atoms with Crippen molar-refractivity contribution in [2.75, 3.05) is 43.6 Å². The summed E-state index contributed by atoms with van der Waals surface area (Å²) >= 11 is 1.57. The monoisotopic (exact) mass is 540 g/mol. The SMILES string of the molecule is COC(C)(C)c1nc2cc(N(C)Sc3ccc(NC(=O)COC(C)=O)cc3)ccc2n1CC1CCOCC1. The Hall–Kier alpha value is -3.08. The molecule has 0 spiro atoms. The number of rotatable bonds is 10. The van der Waals surface area contributed by atoms with E-state index in [9.17, 15) is 9.59 Å². The van der Waals surface area contributed by atoms with E-state index in [1.807, 2.05) is 31.3 Å². The first-order valence-electron chi connectivity index (χ1n) is 12.7. The van der Waals surface area contributed by atoms with Gasteiger partial charge in [0.1, 0.15) is 11.4 Å². The number of methoxy groups -OCH3 is 1. The normalized spacial score (nSPS) is 14.4. The van der Waals surface area contributed by atoms with E-state index < -0.39 is 11.6 Å². The highest BCUT2D eigenvalue weighted by molar-refractivity contribution is 8.00. The highest BCUT2D eigenvalue weighted by Gasteiger charge is 2.29. The summed E-state index contributed by atoms with van der Waals surface area (Å²) in [6.07, 6.45) is 2.11. The standard InChI is InChI=1S/C28H36N4O5S/c1-19(33)37-18-26(34)29-21-6-9-23(10-7-21)38-31(4)22-8-11-25-24(16-22)30-27(28(2,3)35-5)32(25)17-20-12-14-36-15-13-20/h6-11,16,20H,12-15,17-18H2,1-5H3,(H,29,34). The molecule has 0 radical (unpaired) electrons. The highest BCUT2D eigenvalue weighted by atomic mass is 32.2. The number of benzene rings is 2. The van der Waals surface area contributed by atoms with Gasteiger partial charge in [0.25, 0.3) is 5.91 Å². The molecule has 0 aliphatic carbocycles. The van der Waals surface area contributed by atoms with Gasteiger partial charge in [-0.15, -0.1) is 0 Å². The van der Waals surface area contributed by atoms with E-state index in [0.717, 1.165) is 60.0 Å². The lowest BCUT2D eigenvalue weighted by Crippen LogP contribution is -2.28. The third-order valence-electron chi connectivity index (χ3n) is 6.71. The number of carbonyl (C=O) groups excluding carboxylic acids is 2. The summed E-state index contributed by atoms with van der Waals surface area (Å²) in [5.41, 5.74) is 3.19. The Labute approximate surface area is 228 Å². The fourth-order valence-corrected chi connectivity index (χ4v) is 5.20. The smallest absolute Gasteiger partial charge is 0.303 e. The van der Waals surface area contributed by atoms with Gasteiger partial charge in [-0.1, -0.05) is 0 Å². The number of ether oxygens (including phenoxy) is 3. The first-order valence-corrected chi connectivity index (χ1v) is 13.5. The largest absolute Gasteiger partial charge is 0.456 e. The van der Waals surface area contributed by atoms with Crippen LogP contribution in [-0.4, -0.2) is 55.4 Å². The van der Waals surface area contributed by atoms with Crippen molar-refractivity contribution < 1.29 is 23.8 Å². The predicted molar refractivity (Wildman–Crippen MR) is 149 cm³/mol. The van der Waals surface area contributed by atoms with Crippen LogP contribution in [0.1, 0.15) is 39.4 Å². The maximum atomic E-state index is 11.9. The summed E-state index contributed by atoms with van der Waals surface area (Å²) in [6, 6.07) is 13.9. The van der Waals surface area contributed by atoms with Crippen LogP contribution in [0.15, 0.2) is 47.4 Å². The van der Waals surface area contributed by atoms with Crippen LogP contribution in [0.3, 0.4) is 0 Å². The van der Waals surface area contributed by atoms with Crippen molar-refractivity contribution in [1.82, 2.24) is 9.55 Å². The molecule has 9 nitrogen and oxygen atoms in total. The van der Waals surface area contributed by atoms with Crippen LogP contribution in [0.2, 0.25) is 0 Å². The fourth-order valence-electron chi connectivity index (χ4n) is 4.41. The predicted octanol–water partition coefficient (Wildman–Crippen LogP) is 4.99. The molecule has 1 fully saturated rings. The third kappa shape index (κ3) is 6.86. The lowest BCUT2D eigenvalue weighted by Gasteiger charge is -2.27. The molecule has 1 saturated heterocycles. The van der Waals surface area contributed by atoms with Gasteiger partial charge in [0.2, 0.25) is 0 Å². The van der Waals surface area contributed by atoms with Gasteiger partial charge in [0.15, 0.2) is 6.61 Å². The quantitative estimate of drug-likeness (QED) is 0.284. The van der Waals surface area contributed by atoms with E-state index >= 15 is 0 Å². The molecule has 1 aliphatic heterocycles. The second-order valence-corrected chi connectivity index (χ2v) is 11.1. The second-order valence-electron chi connectivity index (χ2n) is 9.93. The average Bonchev–Trinajstić information content (AvgIpc) is 3.27. The first-order chi connectivity index (χ1) is 18.2. The number of carbonyl (C=O) groups is 2. The van der Waals surface area contributed by atoms with Crippen molar-refractivity contribution >= 4 is 46.2 Å². The van der Waals surface area contributed by atoms with Gasteiger partial charge >= 0.3 is 5.97 Å². The molecule has 0 unspecified atom stereocenters. The zero-order valence-electron chi connectivity index (χ0n) is 22.7. The van der Waals surface area contributed by atoms with Gasteiger partial charge < -0.3 is 28.4 Å². The average molecular weight is 541 g/mol. The van der Waals surface area contributed by atoms with Crippen LogP contribution >= 0.6 is 11.9 Å². The molecular weight excluding hydrogens is 504 g/mol. The van der Waals surface area contributed by atoms with Crippen molar-refractivity contribution in [3.05, 3.63) is 48.3 Å². The van der Waals surface area contributed by atoms with Gasteiger partial charge in [-0.25, -0.2) is 4.98 Å². The van der Waals surface area contributed by atoms with Gasteiger partial charge in [0.05, 0.1) is 11.0 Å². The molecule has 1 amide bonds. The molecule has 204 valence electrons. The van der Waals surface area contributed by atoms with Gasteiger partial charge in [-0.3, -0.25) is 9.59 Å². The van der Waals surface area contributed by atoms with E-state index in [1.54, 1.807) is 19.1 Å². The Morgan fingerprint density at radius 2 is 1.89 bits per heavy atom. The summed E-state index contributed by atoms with van der Waals surface area (Å²) < 4.78 is 20.5. The number of aromatic nitrogens is 2. The number of amides is 1. The number of anilines is 2. The molecule has 4 rings (SSSR count). The van der Waals surface area contributed by atoms with Crippen LogP contribution in [0.4, 0.5) is 11.4 Å². The van der Waals surface area contributed by atoms with Crippen molar-refractivity contribution in [2.24, 2.45) is 5.92 Å². The third-order valence-corrected chi connectivity index (χ3v) is 7.68. The van der Waals surface area contributed by atoms with Crippen LogP contribution in [0.25, 0.3) is 11.0 Å². The number of esters is 1. The van der Waals surface area contributed by atoms with Gasteiger partial charge in [-0.2, -0.15) is 0 Å². The Morgan fingerprint density at radius 1 is 1.18 bits per heavy atom. The van der Waals surface area contributed by atoms with Crippen LogP contribution in [0.5, 0.6) is 0 Å². The van der Waals surface area contributed by atoms with Crippen LogP contribution in [0, 0.1) is 5.92 Å². The summed E-state index contributed by atoms with van der Waals surface area (Å²) in [4.78, 5) is 28.8. The van der Waals surface area contributed by atoms with E-state index in [-0.39, 0.29) is 12.5 Å². The Balaban J connectivity index is 1.49. The Kier molecular flexibility index (Phi) is 8.96. The molecular formula is C28H36N4O5S.